The summed E-state index contributed by atoms with van der Waals surface area (Å²) in [6.45, 7) is 1.67. The normalized spacial score (nSPS) is 24.7. The molecule has 0 aliphatic carbocycles. The minimum Gasteiger partial charge on any atom is -0.224 e. The smallest absolute Gasteiger partial charge is 0.183 e. The molecule has 1 aliphatic heterocycles. The molecule has 0 N–H and O–H groups in total. The highest BCUT2D eigenvalue weighted by atomic mass is 35.5. The third-order valence-corrected chi connectivity index (χ3v) is 7.45. The van der Waals surface area contributed by atoms with Crippen molar-refractivity contribution in [1.29, 1.82) is 0 Å². The van der Waals surface area contributed by atoms with Crippen molar-refractivity contribution in [3.8, 4) is 0 Å². The first kappa shape index (κ1) is 14.6. The molecule has 0 bridgehead atoms. The van der Waals surface area contributed by atoms with Crippen LogP contribution < -0.4 is 0 Å². The molecule has 0 saturated heterocycles. The summed E-state index contributed by atoms with van der Waals surface area (Å²) in [5, 5.41) is 0.443. The van der Waals surface area contributed by atoms with Gasteiger partial charge >= 0.3 is 0 Å². The Balaban J connectivity index is 2.65. The van der Waals surface area contributed by atoms with E-state index in [4.69, 9.17) is 11.6 Å². The Hall–Kier alpha value is -0.850. The SMILES string of the molecule is CCC1CS(=O)(=O)C=C(c2ccc(Cl)cc2)S1(=O)=O. The molecule has 4 nitrogen and oxygen atoms in total. The number of halogens is 1. The predicted molar refractivity (Wildman–Crippen MR) is 76.2 cm³/mol. The molecule has 1 unspecified atom stereocenters. The summed E-state index contributed by atoms with van der Waals surface area (Å²) in [6, 6.07) is 6.10. The third kappa shape index (κ3) is 2.85. The molecule has 0 spiro atoms. The Morgan fingerprint density at radius 2 is 1.74 bits per heavy atom. The van der Waals surface area contributed by atoms with Crippen LogP contribution >= 0.6 is 11.6 Å². The summed E-state index contributed by atoms with van der Waals surface area (Å²) < 4.78 is 48.3. The molecule has 19 heavy (non-hydrogen) atoms. The van der Waals surface area contributed by atoms with E-state index in [-0.39, 0.29) is 17.1 Å². The third-order valence-electron chi connectivity index (χ3n) is 3.03. The lowest BCUT2D eigenvalue weighted by Crippen LogP contribution is -2.33. The van der Waals surface area contributed by atoms with Crippen molar-refractivity contribution in [2.45, 2.75) is 18.6 Å². The summed E-state index contributed by atoms with van der Waals surface area (Å²) in [6.07, 6.45) is 0.270. The molecule has 0 amide bonds. The van der Waals surface area contributed by atoms with Crippen LogP contribution in [0.3, 0.4) is 0 Å². The average molecular weight is 321 g/mol. The molecule has 1 heterocycles. The van der Waals surface area contributed by atoms with E-state index in [2.05, 4.69) is 0 Å². The van der Waals surface area contributed by atoms with Gasteiger partial charge < -0.3 is 0 Å². The van der Waals surface area contributed by atoms with Crippen LogP contribution in [0, 0.1) is 0 Å². The lowest BCUT2D eigenvalue weighted by atomic mass is 10.2. The maximum atomic E-state index is 12.4. The van der Waals surface area contributed by atoms with E-state index in [1.807, 2.05) is 0 Å². The number of sulfone groups is 2. The fourth-order valence-electron chi connectivity index (χ4n) is 1.99. The Labute approximate surface area is 117 Å². The molecule has 1 aromatic rings. The van der Waals surface area contributed by atoms with Gasteiger partial charge in [0, 0.05) is 10.4 Å². The van der Waals surface area contributed by atoms with Gasteiger partial charge in [-0.05, 0) is 24.1 Å². The maximum absolute atomic E-state index is 12.4. The Morgan fingerprint density at radius 3 is 2.26 bits per heavy atom. The van der Waals surface area contributed by atoms with E-state index in [9.17, 15) is 16.8 Å². The van der Waals surface area contributed by atoms with E-state index in [1.54, 1.807) is 6.92 Å². The molecule has 1 aromatic carbocycles. The van der Waals surface area contributed by atoms with E-state index < -0.39 is 24.9 Å². The molecule has 0 aromatic heterocycles. The molecular formula is C12H13ClO4S2. The topological polar surface area (TPSA) is 68.3 Å². The second-order valence-corrected chi connectivity index (χ2v) is 8.92. The zero-order chi connectivity index (χ0) is 14.3. The zero-order valence-corrected chi connectivity index (χ0v) is 12.6. The van der Waals surface area contributed by atoms with Crippen molar-refractivity contribution in [2.75, 3.05) is 5.75 Å². The van der Waals surface area contributed by atoms with Gasteiger partial charge in [0.1, 0.15) is 0 Å². The molecule has 7 heteroatoms. The Kier molecular flexibility index (Phi) is 3.77. The predicted octanol–water partition coefficient (Wildman–Crippen LogP) is 2.26. The standard InChI is InChI=1S/C12H13ClO4S2/c1-2-11-7-18(14,15)8-12(19(11,16)17)9-3-5-10(13)6-4-9/h3-6,8,11H,2,7H2,1H3. The number of benzene rings is 1. The highest BCUT2D eigenvalue weighted by molar-refractivity contribution is 8.06. The highest BCUT2D eigenvalue weighted by Gasteiger charge is 2.37. The van der Waals surface area contributed by atoms with Crippen molar-refractivity contribution < 1.29 is 16.8 Å². The summed E-state index contributed by atoms with van der Waals surface area (Å²) >= 11 is 5.75. The van der Waals surface area contributed by atoms with Crippen LogP contribution in [0.4, 0.5) is 0 Å². The van der Waals surface area contributed by atoms with Gasteiger partial charge in [0.15, 0.2) is 19.7 Å². The molecule has 0 fully saturated rings. The van der Waals surface area contributed by atoms with E-state index in [0.29, 0.717) is 10.6 Å². The van der Waals surface area contributed by atoms with Gasteiger partial charge in [0.25, 0.3) is 0 Å². The fourth-order valence-corrected chi connectivity index (χ4v) is 6.95. The second-order valence-electron chi connectivity index (χ2n) is 4.39. The Morgan fingerprint density at radius 1 is 1.16 bits per heavy atom. The first-order chi connectivity index (χ1) is 8.76. The van der Waals surface area contributed by atoms with Crippen molar-refractivity contribution in [3.05, 3.63) is 40.3 Å². The quantitative estimate of drug-likeness (QED) is 0.838. The number of rotatable bonds is 2. The largest absolute Gasteiger partial charge is 0.224 e. The van der Waals surface area contributed by atoms with Gasteiger partial charge in [0.05, 0.1) is 15.9 Å². The van der Waals surface area contributed by atoms with Gasteiger partial charge in [0.2, 0.25) is 0 Å². The fraction of sp³-hybridized carbons (Fsp3) is 0.333. The molecule has 0 saturated carbocycles. The lowest BCUT2D eigenvalue weighted by Gasteiger charge is -2.22. The van der Waals surface area contributed by atoms with Crippen molar-refractivity contribution in [1.82, 2.24) is 0 Å². The van der Waals surface area contributed by atoms with E-state index in [1.165, 1.54) is 24.3 Å². The van der Waals surface area contributed by atoms with Crippen molar-refractivity contribution >= 4 is 36.2 Å². The van der Waals surface area contributed by atoms with Crippen LogP contribution in [0.15, 0.2) is 29.7 Å². The zero-order valence-electron chi connectivity index (χ0n) is 10.2. The second kappa shape index (κ2) is 4.92. The average Bonchev–Trinajstić information content (AvgIpc) is 2.33. The van der Waals surface area contributed by atoms with Crippen LogP contribution in [0.25, 0.3) is 4.91 Å². The van der Waals surface area contributed by atoms with Gasteiger partial charge in [-0.3, -0.25) is 0 Å². The minimum atomic E-state index is -3.61. The van der Waals surface area contributed by atoms with Crippen LogP contribution in [-0.4, -0.2) is 27.8 Å². The summed E-state index contributed by atoms with van der Waals surface area (Å²) in [5.74, 6) is -0.344. The Bertz CT molecular complexity index is 715. The molecule has 0 radical (unpaired) electrons. The minimum absolute atomic E-state index is 0.137. The van der Waals surface area contributed by atoms with E-state index >= 15 is 0 Å². The van der Waals surface area contributed by atoms with Gasteiger partial charge in [-0.2, -0.15) is 0 Å². The van der Waals surface area contributed by atoms with Gasteiger partial charge in [-0.25, -0.2) is 16.8 Å². The lowest BCUT2D eigenvalue weighted by molar-refractivity contribution is 0.578. The molecular weight excluding hydrogens is 308 g/mol. The monoisotopic (exact) mass is 320 g/mol. The molecule has 1 aliphatic rings. The first-order valence-electron chi connectivity index (χ1n) is 5.70. The number of hydrogen-bond acceptors (Lipinski definition) is 4. The van der Waals surface area contributed by atoms with Crippen molar-refractivity contribution in [2.24, 2.45) is 0 Å². The summed E-state index contributed by atoms with van der Waals surface area (Å²) in [7, 11) is -7.11. The summed E-state index contributed by atoms with van der Waals surface area (Å²) in [4.78, 5) is -0.137. The van der Waals surface area contributed by atoms with Gasteiger partial charge in [-0.15, -0.1) is 0 Å². The first-order valence-corrected chi connectivity index (χ1v) is 9.34. The van der Waals surface area contributed by atoms with Gasteiger partial charge in [-0.1, -0.05) is 30.7 Å². The maximum Gasteiger partial charge on any atom is 0.183 e. The van der Waals surface area contributed by atoms with E-state index in [0.717, 1.165) is 5.41 Å². The highest BCUT2D eigenvalue weighted by Crippen LogP contribution is 2.32. The summed E-state index contributed by atoms with van der Waals surface area (Å²) in [5.41, 5.74) is 0.353. The molecule has 1 atom stereocenters. The van der Waals surface area contributed by atoms with Crippen LogP contribution in [-0.2, 0) is 19.7 Å². The number of hydrogen-bond donors (Lipinski definition) is 0. The van der Waals surface area contributed by atoms with Crippen LogP contribution in [0.1, 0.15) is 18.9 Å². The van der Waals surface area contributed by atoms with Crippen LogP contribution in [0.5, 0.6) is 0 Å². The molecule has 2 rings (SSSR count). The van der Waals surface area contributed by atoms with Crippen molar-refractivity contribution in [3.63, 3.8) is 0 Å². The van der Waals surface area contributed by atoms with Crippen LogP contribution in [0.2, 0.25) is 5.02 Å². The molecule has 104 valence electrons.